The van der Waals surface area contributed by atoms with Crippen molar-refractivity contribution in [2.45, 2.75) is 38.5 Å². The smallest absolute Gasteiger partial charge is 0.251 e. The first-order valence-electron chi connectivity index (χ1n) is 6.68. The first kappa shape index (κ1) is 14.0. The Morgan fingerprint density at radius 3 is 2.47 bits per heavy atom. The third-order valence-corrected chi connectivity index (χ3v) is 3.55. The summed E-state index contributed by atoms with van der Waals surface area (Å²) in [5.74, 6) is -1.35. The molecule has 0 N–H and O–H groups in total. The second-order valence-electron chi connectivity index (χ2n) is 5.39. The van der Waals surface area contributed by atoms with E-state index in [0.717, 1.165) is 17.1 Å². The van der Waals surface area contributed by atoms with Crippen LogP contribution in [-0.4, -0.2) is 24.0 Å². The second-order valence-corrected chi connectivity index (χ2v) is 5.39. The van der Waals surface area contributed by atoms with Crippen molar-refractivity contribution in [2.75, 3.05) is 18.0 Å². The fourth-order valence-electron chi connectivity index (χ4n) is 2.22. The van der Waals surface area contributed by atoms with Gasteiger partial charge in [0.05, 0.1) is 5.69 Å². The van der Waals surface area contributed by atoms with Crippen LogP contribution < -0.4 is 4.90 Å². The van der Waals surface area contributed by atoms with E-state index in [4.69, 9.17) is 0 Å². The van der Waals surface area contributed by atoms with Gasteiger partial charge in [-0.3, -0.25) is 0 Å². The monoisotopic (exact) mass is 266 g/mol. The molecule has 0 atom stereocenters. The van der Waals surface area contributed by atoms with Crippen LogP contribution in [0.2, 0.25) is 0 Å². The Labute approximate surface area is 113 Å². The van der Waals surface area contributed by atoms with Gasteiger partial charge < -0.3 is 4.90 Å². The van der Waals surface area contributed by atoms with Crippen molar-refractivity contribution < 1.29 is 8.78 Å². The molecule has 0 amide bonds. The highest BCUT2D eigenvalue weighted by Gasteiger charge is 2.34. The van der Waals surface area contributed by atoms with Crippen LogP contribution in [0.3, 0.4) is 0 Å². The van der Waals surface area contributed by atoms with Crippen LogP contribution in [0.4, 0.5) is 14.6 Å². The largest absolute Gasteiger partial charge is 0.356 e. The van der Waals surface area contributed by atoms with E-state index in [1.807, 2.05) is 17.0 Å². The van der Waals surface area contributed by atoms with Gasteiger partial charge in [-0.2, -0.15) is 0 Å². The number of hydrogen-bond donors (Lipinski definition) is 0. The maximum Gasteiger partial charge on any atom is 0.251 e. The number of halogens is 2. The summed E-state index contributed by atoms with van der Waals surface area (Å²) in [5, 5.41) is 0. The summed E-state index contributed by atoms with van der Waals surface area (Å²) in [6.45, 7) is 8.67. The zero-order valence-electron chi connectivity index (χ0n) is 11.5. The molecule has 19 heavy (non-hydrogen) atoms. The van der Waals surface area contributed by atoms with Crippen LogP contribution in [0.5, 0.6) is 0 Å². The lowest BCUT2D eigenvalue weighted by Crippen LogP contribution is -2.39. The molecule has 1 fully saturated rings. The normalized spacial score (nSPS) is 18.7. The number of aromatic nitrogens is 1. The van der Waals surface area contributed by atoms with Crippen LogP contribution in [0.1, 0.15) is 43.9 Å². The average molecular weight is 266 g/mol. The molecule has 0 saturated carbocycles. The lowest BCUT2D eigenvalue weighted by Gasteiger charge is -2.33. The van der Waals surface area contributed by atoms with Crippen LogP contribution in [0, 0.1) is 0 Å². The number of piperidine rings is 1. The van der Waals surface area contributed by atoms with Gasteiger partial charge in [-0.15, -0.1) is 0 Å². The number of alkyl halides is 2. The lowest BCUT2D eigenvalue weighted by molar-refractivity contribution is -0.0221. The molecule has 2 rings (SSSR count). The van der Waals surface area contributed by atoms with Gasteiger partial charge in [-0.1, -0.05) is 20.4 Å². The first-order chi connectivity index (χ1) is 8.91. The van der Waals surface area contributed by atoms with Crippen molar-refractivity contribution in [1.82, 2.24) is 4.98 Å². The predicted octanol–water partition coefficient (Wildman–Crippen LogP) is 4.08. The molecule has 0 unspecified atom stereocenters. The van der Waals surface area contributed by atoms with Gasteiger partial charge in [-0.05, 0) is 29.7 Å². The third kappa shape index (κ3) is 3.31. The molecule has 0 spiro atoms. The average Bonchev–Trinajstić information content (AvgIpc) is 2.38. The molecule has 1 aliphatic heterocycles. The van der Waals surface area contributed by atoms with Crippen molar-refractivity contribution >= 4 is 11.9 Å². The van der Waals surface area contributed by atoms with E-state index in [9.17, 15) is 8.78 Å². The molecular weight excluding hydrogens is 246 g/mol. The van der Waals surface area contributed by atoms with E-state index in [1.165, 1.54) is 0 Å². The minimum absolute atomic E-state index is 0.0932. The molecule has 0 bridgehead atoms. The Balaban J connectivity index is 2.24. The molecule has 2 nitrogen and oxygen atoms in total. The highest BCUT2D eigenvalue weighted by molar-refractivity contribution is 5.52. The predicted molar refractivity (Wildman–Crippen MR) is 74.8 cm³/mol. The maximum absolute atomic E-state index is 13.2. The first-order valence-corrected chi connectivity index (χ1v) is 6.68. The summed E-state index contributed by atoms with van der Waals surface area (Å²) in [5.41, 5.74) is 1.97. The molecule has 2 heterocycles. The van der Waals surface area contributed by atoms with Gasteiger partial charge in [-0.25, -0.2) is 13.8 Å². The van der Waals surface area contributed by atoms with E-state index in [-0.39, 0.29) is 12.8 Å². The zero-order valence-corrected chi connectivity index (χ0v) is 11.5. The summed E-state index contributed by atoms with van der Waals surface area (Å²) in [6, 6.07) is 4.00. The van der Waals surface area contributed by atoms with Crippen LogP contribution in [0.15, 0.2) is 18.7 Å². The van der Waals surface area contributed by atoms with Crippen molar-refractivity contribution in [3.63, 3.8) is 0 Å². The molecule has 4 heteroatoms. The molecule has 1 aliphatic rings. The summed E-state index contributed by atoms with van der Waals surface area (Å²) in [7, 11) is 0. The van der Waals surface area contributed by atoms with Crippen LogP contribution >= 0.6 is 0 Å². The van der Waals surface area contributed by atoms with E-state index in [2.05, 4.69) is 25.4 Å². The Kier molecular flexibility index (Phi) is 3.88. The number of hydrogen-bond acceptors (Lipinski definition) is 2. The van der Waals surface area contributed by atoms with Crippen molar-refractivity contribution in [3.05, 3.63) is 30.0 Å². The Morgan fingerprint density at radius 1 is 1.32 bits per heavy atom. The van der Waals surface area contributed by atoms with Crippen LogP contribution in [0.25, 0.3) is 6.08 Å². The molecule has 1 aromatic heterocycles. The topological polar surface area (TPSA) is 16.1 Å². The molecule has 1 aromatic rings. The number of rotatable bonds is 3. The lowest BCUT2D eigenvalue weighted by atomic mass is 10.0. The Morgan fingerprint density at radius 2 is 1.95 bits per heavy atom. The summed E-state index contributed by atoms with van der Waals surface area (Å²) in [4.78, 5) is 6.41. The molecular formula is C15H20F2N2. The summed E-state index contributed by atoms with van der Waals surface area (Å²) >= 11 is 0. The molecule has 0 radical (unpaired) electrons. The summed E-state index contributed by atoms with van der Waals surface area (Å²) < 4.78 is 26.4. The van der Waals surface area contributed by atoms with Crippen molar-refractivity contribution in [1.29, 1.82) is 0 Å². The SMILES string of the molecule is C=Cc1cc(C(C)C)cc(N2CCC(F)(F)CC2)n1. The van der Waals surface area contributed by atoms with Gasteiger partial charge in [0.2, 0.25) is 0 Å². The summed E-state index contributed by atoms with van der Waals surface area (Å²) in [6.07, 6.45) is 1.52. The third-order valence-electron chi connectivity index (χ3n) is 3.55. The molecule has 1 saturated heterocycles. The van der Waals surface area contributed by atoms with Gasteiger partial charge >= 0.3 is 0 Å². The Hall–Kier alpha value is -1.45. The fraction of sp³-hybridized carbons (Fsp3) is 0.533. The molecule has 104 valence electrons. The Bertz CT molecular complexity index is 459. The van der Waals surface area contributed by atoms with Crippen molar-refractivity contribution in [2.24, 2.45) is 0 Å². The second kappa shape index (κ2) is 5.27. The number of nitrogens with zero attached hydrogens (tertiary/aromatic N) is 2. The number of anilines is 1. The van der Waals surface area contributed by atoms with Crippen LogP contribution in [-0.2, 0) is 0 Å². The molecule has 0 aliphatic carbocycles. The van der Waals surface area contributed by atoms with E-state index >= 15 is 0 Å². The van der Waals surface area contributed by atoms with Gasteiger partial charge in [0.15, 0.2) is 0 Å². The highest BCUT2D eigenvalue weighted by Crippen LogP contribution is 2.31. The van der Waals surface area contributed by atoms with Gasteiger partial charge in [0.25, 0.3) is 5.92 Å². The fourth-order valence-corrected chi connectivity index (χ4v) is 2.22. The molecule has 0 aromatic carbocycles. The highest BCUT2D eigenvalue weighted by atomic mass is 19.3. The minimum atomic E-state index is -2.52. The number of pyridine rings is 1. The maximum atomic E-state index is 13.2. The van der Waals surface area contributed by atoms with Crippen molar-refractivity contribution in [3.8, 4) is 0 Å². The zero-order chi connectivity index (χ0) is 14.0. The van der Waals surface area contributed by atoms with Gasteiger partial charge in [0, 0.05) is 25.9 Å². The standard InChI is InChI=1S/C15H20F2N2/c1-4-13-9-12(11(2)3)10-14(18-13)19-7-5-15(16,17)6-8-19/h4,9-11H,1,5-8H2,2-3H3. The van der Waals surface area contributed by atoms with E-state index in [0.29, 0.717) is 19.0 Å². The minimum Gasteiger partial charge on any atom is -0.356 e. The van der Waals surface area contributed by atoms with E-state index in [1.54, 1.807) is 6.08 Å². The van der Waals surface area contributed by atoms with E-state index < -0.39 is 5.92 Å². The quantitative estimate of drug-likeness (QED) is 0.819. The van der Waals surface area contributed by atoms with Gasteiger partial charge in [0.1, 0.15) is 5.82 Å².